The zero-order valence-electron chi connectivity index (χ0n) is 14.8. The van der Waals surface area contributed by atoms with Crippen LogP contribution in [0.25, 0.3) is 0 Å². The lowest BCUT2D eigenvalue weighted by Gasteiger charge is -2.32. The summed E-state index contributed by atoms with van der Waals surface area (Å²) < 4.78 is 5.75. The Morgan fingerprint density at radius 3 is 2.50 bits per heavy atom. The van der Waals surface area contributed by atoms with Crippen LogP contribution in [0.3, 0.4) is 0 Å². The molecule has 2 fully saturated rings. The number of nitrogens with one attached hydrogen (secondary N) is 2. The lowest BCUT2D eigenvalue weighted by molar-refractivity contribution is -0.125. The van der Waals surface area contributed by atoms with Crippen molar-refractivity contribution in [3.8, 4) is 5.75 Å². The molecule has 0 spiro atoms. The fourth-order valence-electron chi connectivity index (χ4n) is 3.32. The molecule has 1 atom stereocenters. The molecule has 2 aliphatic heterocycles. The molecule has 8 heteroatoms. The molecule has 2 aliphatic rings. The summed E-state index contributed by atoms with van der Waals surface area (Å²) in [6, 6.07) is 7.78. The second-order valence-corrected chi connectivity index (χ2v) is 7.05. The van der Waals surface area contributed by atoms with Gasteiger partial charge in [0, 0.05) is 37.2 Å². The highest BCUT2D eigenvalue weighted by Crippen LogP contribution is 2.16. The maximum Gasteiger partial charge on any atom is 0.224 e. The number of amides is 1. The summed E-state index contributed by atoms with van der Waals surface area (Å²) in [5.74, 6) is 1.24. The Labute approximate surface area is 173 Å². The molecule has 0 saturated carbocycles. The van der Waals surface area contributed by atoms with Crippen LogP contribution >= 0.6 is 36.4 Å². The van der Waals surface area contributed by atoms with E-state index >= 15 is 0 Å². The summed E-state index contributed by atoms with van der Waals surface area (Å²) in [5, 5.41) is 7.19. The Kier molecular flexibility index (Phi) is 10.7. The number of carbonyl (C=O) groups excluding carboxylic acids is 1. The Bertz CT molecular complexity index is 531. The standard InChI is InChI=1S/C18H26ClN3O2.2ClH/c19-15-1-3-17(4-2-15)24-12-11-22-9-6-16(7-10-22)21-18(23)14-5-8-20-13-14;;/h1-4,14,16,20H,5-13H2,(H,21,23);2*1H. The van der Waals surface area contributed by atoms with Crippen molar-refractivity contribution < 1.29 is 9.53 Å². The average molecular weight is 425 g/mol. The quantitative estimate of drug-likeness (QED) is 0.737. The number of halogens is 3. The smallest absolute Gasteiger partial charge is 0.224 e. The van der Waals surface area contributed by atoms with Crippen molar-refractivity contribution in [2.45, 2.75) is 25.3 Å². The topological polar surface area (TPSA) is 53.6 Å². The molecule has 2 N–H and O–H groups in total. The lowest BCUT2D eigenvalue weighted by atomic mass is 10.0. The average Bonchev–Trinajstić information content (AvgIpc) is 3.13. The summed E-state index contributed by atoms with van der Waals surface area (Å²) in [5.41, 5.74) is 0. The van der Waals surface area contributed by atoms with Crippen molar-refractivity contribution >= 4 is 42.3 Å². The monoisotopic (exact) mass is 423 g/mol. The number of carbonyl (C=O) groups is 1. The highest BCUT2D eigenvalue weighted by Gasteiger charge is 2.26. The van der Waals surface area contributed by atoms with Gasteiger partial charge in [0.1, 0.15) is 12.4 Å². The van der Waals surface area contributed by atoms with Crippen LogP contribution in [-0.2, 0) is 4.79 Å². The molecule has 1 aromatic carbocycles. The highest BCUT2D eigenvalue weighted by atomic mass is 35.5. The molecule has 148 valence electrons. The summed E-state index contributed by atoms with van der Waals surface area (Å²) >= 11 is 5.86. The van der Waals surface area contributed by atoms with Crippen LogP contribution < -0.4 is 15.4 Å². The molecular weight excluding hydrogens is 397 g/mol. The number of ether oxygens (including phenoxy) is 1. The van der Waals surface area contributed by atoms with Crippen LogP contribution in [0.2, 0.25) is 5.02 Å². The second kappa shape index (κ2) is 11.9. The van der Waals surface area contributed by atoms with Crippen molar-refractivity contribution in [2.75, 3.05) is 39.3 Å². The van der Waals surface area contributed by atoms with Crippen molar-refractivity contribution in [2.24, 2.45) is 5.92 Å². The fourth-order valence-corrected chi connectivity index (χ4v) is 3.45. The van der Waals surface area contributed by atoms with Gasteiger partial charge in [-0.1, -0.05) is 11.6 Å². The molecular formula is C18H28Cl3N3O2. The molecule has 2 heterocycles. The fraction of sp³-hybridized carbons (Fsp3) is 0.611. The Morgan fingerprint density at radius 1 is 1.19 bits per heavy atom. The van der Waals surface area contributed by atoms with Crippen LogP contribution in [0, 0.1) is 5.92 Å². The van der Waals surface area contributed by atoms with Crippen LogP contribution in [-0.4, -0.2) is 56.2 Å². The summed E-state index contributed by atoms with van der Waals surface area (Å²) in [4.78, 5) is 14.6. The Morgan fingerprint density at radius 2 is 1.88 bits per heavy atom. The van der Waals surface area contributed by atoms with E-state index in [0.29, 0.717) is 12.6 Å². The zero-order valence-corrected chi connectivity index (χ0v) is 17.2. The van der Waals surface area contributed by atoms with Gasteiger partial charge in [0.05, 0.1) is 5.92 Å². The first-order valence-electron chi connectivity index (χ1n) is 8.82. The Balaban J connectivity index is 0.00000169. The molecule has 0 aliphatic carbocycles. The summed E-state index contributed by atoms with van der Waals surface area (Å²) in [7, 11) is 0. The van der Waals surface area contributed by atoms with Crippen molar-refractivity contribution in [3.05, 3.63) is 29.3 Å². The molecule has 1 amide bonds. The molecule has 1 unspecified atom stereocenters. The van der Waals surface area contributed by atoms with E-state index in [1.165, 1.54) is 0 Å². The molecule has 2 saturated heterocycles. The van der Waals surface area contributed by atoms with Crippen molar-refractivity contribution in [3.63, 3.8) is 0 Å². The zero-order chi connectivity index (χ0) is 16.8. The van der Waals surface area contributed by atoms with E-state index < -0.39 is 0 Å². The number of hydrogen-bond donors (Lipinski definition) is 2. The number of rotatable bonds is 6. The third kappa shape index (κ3) is 7.12. The number of likely N-dealkylation sites (tertiary alicyclic amines) is 1. The predicted molar refractivity (Wildman–Crippen MR) is 110 cm³/mol. The number of nitrogens with zero attached hydrogens (tertiary/aromatic N) is 1. The van der Waals surface area contributed by atoms with E-state index in [2.05, 4.69) is 15.5 Å². The molecule has 0 aromatic heterocycles. The van der Waals surface area contributed by atoms with Gasteiger partial charge in [-0.2, -0.15) is 0 Å². The Hall–Kier alpha value is -0.720. The first kappa shape index (κ1) is 23.3. The first-order valence-corrected chi connectivity index (χ1v) is 9.20. The van der Waals surface area contributed by atoms with Gasteiger partial charge in [-0.15, -0.1) is 24.8 Å². The first-order chi connectivity index (χ1) is 11.7. The van der Waals surface area contributed by atoms with Gasteiger partial charge < -0.3 is 15.4 Å². The van der Waals surface area contributed by atoms with Gasteiger partial charge in [-0.05, 0) is 50.1 Å². The molecule has 5 nitrogen and oxygen atoms in total. The molecule has 0 radical (unpaired) electrons. The van der Waals surface area contributed by atoms with Gasteiger partial charge in [-0.25, -0.2) is 0 Å². The minimum Gasteiger partial charge on any atom is -0.492 e. The minimum atomic E-state index is 0. The van der Waals surface area contributed by atoms with Crippen LogP contribution in [0.1, 0.15) is 19.3 Å². The van der Waals surface area contributed by atoms with Gasteiger partial charge >= 0.3 is 0 Å². The van der Waals surface area contributed by atoms with Crippen LogP contribution in [0.4, 0.5) is 0 Å². The SMILES string of the molecule is Cl.Cl.O=C(NC1CCN(CCOc2ccc(Cl)cc2)CC1)C1CCNC1. The van der Waals surface area contributed by atoms with E-state index in [-0.39, 0.29) is 36.6 Å². The van der Waals surface area contributed by atoms with Crippen LogP contribution in [0.15, 0.2) is 24.3 Å². The van der Waals surface area contributed by atoms with Crippen molar-refractivity contribution in [1.29, 1.82) is 0 Å². The number of piperidine rings is 1. The number of hydrogen-bond acceptors (Lipinski definition) is 4. The predicted octanol–water partition coefficient (Wildman–Crippen LogP) is 2.75. The second-order valence-electron chi connectivity index (χ2n) is 6.62. The molecule has 1 aromatic rings. The van der Waals surface area contributed by atoms with Crippen molar-refractivity contribution in [1.82, 2.24) is 15.5 Å². The molecule has 3 rings (SSSR count). The highest BCUT2D eigenvalue weighted by molar-refractivity contribution is 6.30. The van der Waals surface area contributed by atoms with E-state index in [0.717, 1.165) is 62.8 Å². The van der Waals surface area contributed by atoms with E-state index in [4.69, 9.17) is 16.3 Å². The van der Waals surface area contributed by atoms with Gasteiger partial charge in [0.25, 0.3) is 0 Å². The van der Waals surface area contributed by atoms with Crippen LogP contribution in [0.5, 0.6) is 5.75 Å². The number of benzene rings is 1. The lowest BCUT2D eigenvalue weighted by Crippen LogP contribution is -2.47. The van der Waals surface area contributed by atoms with Gasteiger partial charge in [0.2, 0.25) is 5.91 Å². The third-order valence-electron chi connectivity index (χ3n) is 4.85. The van der Waals surface area contributed by atoms with E-state index in [9.17, 15) is 4.79 Å². The maximum atomic E-state index is 12.2. The van der Waals surface area contributed by atoms with Gasteiger partial charge in [0.15, 0.2) is 0 Å². The summed E-state index contributed by atoms with van der Waals surface area (Å²) in [6.45, 7) is 5.40. The summed E-state index contributed by atoms with van der Waals surface area (Å²) in [6.07, 6.45) is 3.01. The van der Waals surface area contributed by atoms with E-state index in [1.807, 2.05) is 24.3 Å². The van der Waals surface area contributed by atoms with Gasteiger partial charge in [-0.3, -0.25) is 9.69 Å². The van der Waals surface area contributed by atoms with E-state index in [1.54, 1.807) is 0 Å². The third-order valence-corrected chi connectivity index (χ3v) is 5.11. The molecule has 26 heavy (non-hydrogen) atoms. The minimum absolute atomic E-state index is 0. The normalized spacial score (nSPS) is 20.7. The largest absolute Gasteiger partial charge is 0.492 e. The maximum absolute atomic E-state index is 12.2. The molecule has 0 bridgehead atoms.